The quantitative estimate of drug-likeness (QED) is 0.636. The summed E-state index contributed by atoms with van der Waals surface area (Å²) >= 11 is 0. The summed E-state index contributed by atoms with van der Waals surface area (Å²) in [6, 6.07) is 0. The second-order valence-electron chi connectivity index (χ2n) is 5.08. The van der Waals surface area contributed by atoms with Gasteiger partial charge in [-0.05, 0) is 50.5 Å². The molecule has 0 radical (unpaired) electrons. The number of aliphatic hydroxyl groups is 1. The lowest BCUT2D eigenvalue weighted by Gasteiger charge is -2.35. The summed E-state index contributed by atoms with van der Waals surface area (Å²) in [6.07, 6.45) is 6.79. The Morgan fingerprint density at radius 3 is 2.54 bits per heavy atom. The van der Waals surface area contributed by atoms with Gasteiger partial charge in [-0.25, -0.2) is 0 Å². The van der Waals surface area contributed by atoms with Crippen LogP contribution in [0, 0.1) is 17.8 Å². The lowest BCUT2D eigenvalue weighted by atomic mass is 9.78. The molecule has 2 saturated carbocycles. The van der Waals surface area contributed by atoms with Gasteiger partial charge < -0.3 is 10.4 Å². The smallest absolute Gasteiger partial charge is 0.0477 e. The van der Waals surface area contributed by atoms with E-state index in [1.807, 2.05) is 0 Å². The van der Waals surface area contributed by atoms with Gasteiger partial charge >= 0.3 is 0 Å². The van der Waals surface area contributed by atoms with Gasteiger partial charge in [0, 0.05) is 18.1 Å². The molecule has 0 aromatic rings. The van der Waals surface area contributed by atoms with Crippen LogP contribution in [0.5, 0.6) is 0 Å². The first kappa shape index (κ1) is 8.25. The summed E-state index contributed by atoms with van der Waals surface area (Å²) in [5.41, 5.74) is 0.384. The van der Waals surface area contributed by atoms with Gasteiger partial charge in [-0.15, -0.1) is 0 Å². The van der Waals surface area contributed by atoms with Crippen molar-refractivity contribution in [1.82, 2.24) is 5.32 Å². The minimum atomic E-state index is 0.384. The maximum Gasteiger partial charge on any atom is 0.0477 e. The fraction of sp³-hybridized carbons (Fsp3) is 1.00. The lowest BCUT2D eigenvalue weighted by Crippen LogP contribution is -2.50. The molecule has 0 aromatic heterocycles. The molecule has 2 nitrogen and oxygen atoms in total. The summed E-state index contributed by atoms with van der Waals surface area (Å²) in [7, 11) is 0. The van der Waals surface area contributed by atoms with Gasteiger partial charge in [0.15, 0.2) is 0 Å². The Morgan fingerprint density at radius 1 is 1.08 bits per heavy atom. The van der Waals surface area contributed by atoms with Crippen molar-refractivity contribution in [3.05, 3.63) is 0 Å². The van der Waals surface area contributed by atoms with Crippen LogP contribution in [0.25, 0.3) is 0 Å². The summed E-state index contributed by atoms with van der Waals surface area (Å²) in [5, 5.41) is 13.1. The van der Waals surface area contributed by atoms with Crippen molar-refractivity contribution in [2.45, 2.75) is 37.6 Å². The van der Waals surface area contributed by atoms with Gasteiger partial charge in [-0.2, -0.15) is 0 Å². The molecular formula is C11H19NO. The van der Waals surface area contributed by atoms with Crippen LogP contribution in [0.15, 0.2) is 0 Å². The fourth-order valence-electron chi connectivity index (χ4n) is 4.43. The van der Waals surface area contributed by atoms with E-state index in [4.69, 9.17) is 0 Å². The van der Waals surface area contributed by atoms with Gasteiger partial charge in [-0.3, -0.25) is 0 Å². The molecule has 3 rings (SSSR count). The van der Waals surface area contributed by atoms with Crippen LogP contribution in [0.4, 0.5) is 0 Å². The summed E-state index contributed by atoms with van der Waals surface area (Å²) in [5.74, 6) is 2.33. The molecule has 3 aliphatic rings. The van der Waals surface area contributed by atoms with E-state index in [-0.39, 0.29) is 0 Å². The maximum absolute atomic E-state index is 9.41. The molecule has 13 heavy (non-hydrogen) atoms. The number of hydrogen-bond donors (Lipinski definition) is 2. The Bertz CT molecular complexity index is 210. The van der Waals surface area contributed by atoms with E-state index in [2.05, 4.69) is 5.32 Å². The van der Waals surface area contributed by atoms with E-state index in [0.717, 1.165) is 11.8 Å². The van der Waals surface area contributed by atoms with E-state index in [1.54, 1.807) is 0 Å². The van der Waals surface area contributed by atoms with E-state index in [1.165, 1.54) is 38.6 Å². The molecule has 0 bridgehead atoms. The van der Waals surface area contributed by atoms with Crippen molar-refractivity contribution in [1.29, 1.82) is 0 Å². The molecule has 4 atom stereocenters. The predicted molar refractivity (Wildman–Crippen MR) is 51.4 cm³/mol. The summed E-state index contributed by atoms with van der Waals surface area (Å²) < 4.78 is 0. The third-order valence-electron chi connectivity index (χ3n) is 4.90. The molecule has 1 saturated heterocycles. The highest BCUT2D eigenvalue weighted by atomic mass is 16.3. The molecule has 0 unspecified atom stereocenters. The minimum Gasteiger partial charge on any atom is -0.396 e. The van der Waals surface area contributed by atoms with Crippen LogP contribution in [0.1, 0.15) is 32.1 Å². The number of rotatable bonds is 1. The van der Waals surface area contributed by atoms with E-state index in [0.29, 0.717) is 18.1 Å². The average Bonchev–Trinajstić information content (AvgIpc) is 2.72. The maximum atomic E-state index is 9.41. The Balaban J connectivity index is 1.96. The lowest BCUT2D eigenvalue weighted by molar-refractivity contribution is 0.127. The topological polar surface area (TPSA) is 32.3 Å². The van der Waals surface area contributed by atoms with Crippen LogP contribution in [-0.2, 0) is 0 Å². The predicted octanol–water partition coefficient (Wildman–Crippen LogP) is 1.15. The van der Waals surface area contributed by atoms with Gasteiger partial charge in [0.2, 0.25) is 0 Å². The zero-order chi connectivity index (χ0) is 8.89. The van der Waals surface area contributed by atoms with Crippen molar-refractivity contribution in [3.63, 3.8) is 0 Å². The molecule has 2 heteroatoms. The standard InChI is InChI=1S/C11H19NO/c13-7-10-4-3-8-1-2-9-5-6-12-11(8,9)10/h8-10,12-13H,1-7H2/t8-,9-,10+,11-/m1/s1. The molecule has 2 aliphatic carbocycles. The Kier molecular flexibility index (Phi) is 1.72. The molecule has 1 spiro atoms. The third kappa shape index (κ3) is 0.861. The average molecular weight is 181 g/mol. The van der Waals surface area contributed by atoms with Crippen molar-refractivity contribution < 1.29 is 5.11 Å². The molecule has 2 N–H and O–H groups in total. The first-order chi connectivity index (χ1) is 6.38. The van der Waals surface area contributed by atoms with Crippen LogP contribution in [0.2, 0.25) is 0 Å². The van der Waals surface area contributed by atoms with Crippen molar-refractivity contribution >= 4 is 0 Å². The first-order valence-corrected chi connectivity index (χ1v) is 5.74. The first-order valence-electron chi connectivity index (χ1n) is 5.74. The number of hydrogen-bond acceptors (Lipinski definition) is 2. The fourth-order valence-corrected chi connectivity index (χ4v) is 4.43. The van der Waals surface area contributed by atoms with Crippen molar-refractivity contribution in [3.8, 4) is 0 Å². The Morgan fingerprint density at radius 2 is 1.77 bits per heavy atom. The van der Waals surface area contributed by atoms with Crippen LogP contribution >= 0.6 is 0 Å². The number of nitrogens with one attached hydrogen (secondary N) is 1. The van der Waals surface area contributed by atoms with Gasteiger partial charge in [0.1, 0.15) is 0 Å². The Labute approximate surface area is 79.7 Å². The molecule has 1 heterocycles. The van der Waals surface area contributed by atoms with E-state index < -0.39 is 0 Å². The normalized spacial score (nSPS) is 53.8. The second-order valence-corrected chi connectivity index (χ2v) is 5.08. The van der Waals surface area contributed by atoms with Crippen LogP contribution in [0.3, 0.4) is 0 Å². The van der Waals surface area contributed by atoms with Crippen LogP contribution < -0.4 is 5.32 Å². The van der Waals surface area contributed by atoms with E-state index >= 15 is 0 Å². The highest BCUT2D eigenvalue weighted by Gasteiger charge is 2.59. The zero-order valence-electron chi connectivity index (χ0n) is 8.13. The van der Waals surface area contributed by atoms with Gasteiger partial charge in [0.25, 0.3) is 0 Å². The zero-order valence-corrected chi connectivity index (χ0v) is 8.13. The van der Waals surface area contributed by atoms with Crippen molar-refractivity contribution in [2.24, 2.45) is 17.8 Å². The molecule has 0 aromatic carbocycles. The molecule has 74 valence electrons. The highest BCUT2D eigenvalue weighted by molar-refractivity contribution is 5.14. The van der Waals surface area contributed by atoms with E-state index in [9.17, 15) is 5.11 Å². The Hall–Kier alpha value is -0.0800. The number of aliphatic hydroxyl groups excluding tert-OH is 1. The highest BCUT2D eigenvalue weighted by Crippen LogP contribution is 2.56. The second kappa shape index (κ2) is 2.71. The van der Waals surface area contributed by atoms with Gasteiger partial charge in [-0.1, -0.05) is 0 Å². The van der Waals surface area contributed by atoms with Gasteiger partial charge in [0.05, 0.1) is 0 Å². The van der Waals surface area contributed by atoms with Crippen LogP contribution in [-0.4, -0.2) is 23.8 Å². The largest absolute Gasteiger partial charge is 0.396 e. The molecule has 3 fully saturated rings. The monoisotopic (exact) mass is 181 g/mol. The minimum absolute atomic E-state index is 0.384. The molecule has 0 amide bonds. The summed E-state index contributed by atoms with van der Waals surface area (Å²) in [4.78, 5) is 0. The SMILES string of the molecule is OC[C@@H]1CC[C@H]2CC[C@@H]3CCN[C@]231. The van der Waals surface area contributed by atoms with Crippen molar-refractivity contribution in [2.75, 3.05) is 13.2 Å². The molecular weight excluding hydrogens is 162 g/mol. The third-order valence-corrected chi connectivity index (χ3v) is 4.90. The summed E-state index contributed by atoms with van der Waals surface area (Å²) in [6.45, 7) is 1.59. The molecule has 1 aliphatic heterocycles.